The first-order valence-corrected chi connectivity index (χ1v) is 5.19. The molecule has 0 N–H and O–H groups in total. The molecule has 0 unspecified atom stereocenters. The van der Waals surface area contributed by atoms with Gasteiger partial charge in [0.1, 0.15) is 5.76 Å². The van der Waals surface area contributed by atoms with Gasteiger partial charge in [0.05, 0.1) is 6.61 Å². The summed E-state index contributed by atoms with van der Waals surface area (Å²) in [6.45, 7) is 4.96. The molecule has 5 nitrogen and oxygen atoms in total. The van der Waals surface area contributed by atoms with Crippen LogP contribution >= 0.6 is 11.3 Å². The summed E-state index contributed by atoms with van der Waals surface area (Å²) in [4.78, 5) is 26.2. The highest BCUT2D eigenvalue weighted by molar-refractivity contribution is 7.11. The quantitative estimate of drug-likeness (QED) is 0.716. The minimum Gasteiger partial charge on any atom is -0.462 e. The summed E-state index contributed by atoms with van der Waals surface area (Å²) < 4.78 is 9.94. The fourth-order valence-electron chi connectivity index (χ4n) is 0.914. The average molecular weight is 229 g/mol. The maximum Gasteiger partial charge on any atom is 0.351 e. The Morgan fingerprint density at radius 2 is 2.20 bits per heavy atom. The van der Waals surface area contributed by atoms with Crippen molar-refractivity contribution >= 4 is 23.2 Å². The molecule has 1 aromatic heterocycles. The highest BCUT2D eigenvalue weighted by Gasteiger charge is 2.15. The topological polar surface area (TPSA) is 68.9 Å². The summed E-state index contributed by atoms with van der Waals surface area (Å²) in [5, 5.41) is 0. The van der Waals surface area contributed by atoms with Crippen LogP contribution in [0.4, 0.5) is 0 Å². The molecule has 82 valence electrons. The summed E-state index contributed by atoms with van der Waals surface area (Å²) in [5.74, 6) is -0.400. The largest absolute Gasteiger partial charge is 0.462 e. The number of ether oxygens (including phenoxy) is 1. The third-order valence-corrected chi connectivity index (χ3v) is 2.47. The van der Waals surface area contributed by atoms with E-state index < -0.39 is 5.97 Å². The van der Waals surface area contributed by atoms with Crippen molar-refractivity contribution < 1.29 is 18.7 Å². The highest BCUT2D eigenvalue weighted by Crippen LogP contribution is 2.12. The number of esters is 1. The minimum atomic E-state index is -0.450. The SMILES string of the molecule is CCOC(=O)c1sc(=NC(C)=O)oc1C. The van der Waals surface area contributed by atoms with Crippen LogP contribution in [0.2, 0.25) is 0 Å². The van der Waals surface area contributed by atoms with E-state index in [9.17, 15) is 9.59 Å². The summed E-state index contributed by atoms with van der Waals surface area (Å²) in [6.07, 6.45) is 0. The standard InChI is InChI=1S/C9H11NO4S/c1-4-13-8(12)7-5(2)14-9(15-7)10-6(3)11/h4H2,1-3H3. The lowest BCUT2D eigenvalue weighted by Crippen LogP contribution is -2.03. The molecule has 0 fully saturated rings. The molecule has 0 saturated carbocycles. The molecule has 0 aliphatic rings. The molecule has 1 rings (SSSR count). The summed E-state index contributed by atoms with van der Waals surface area (Å²) in [5.41, 5.74) is 0. The summed E-state index contributed by atoms with van der Waals surface area (Å²) in [7, 11) is 0. The lowest BCUT2D eigenvalue weighted by molar-refractivity contribution is -0.116. The first-order chi connectivity index (χ1) is 7.04. The van der Waals surface area contributed by atoms with E-state index in [4.69, 9.17) is 9.15 Å². The number of hydrogen-bond donors (Lipinski definition) is 0. The fourth-order valence-corrected chi connectivity index (χ4v) is 1.76. The van der Waals surface area contributed by atoms with Gasteiger partial charge in [-0.2, -0.15) is 4.99 Å². The van der Waals surface area contributed by atoms with Crippen molar-refractivity contribution in [2.45, 2.75) is 20.8 Å². The number of carbonyl (C=O) groups excluding carboxylic acids is 2. The smallest absolute Gasteiger partial charge is 0.351 e. The highest BCUT2D eigenvalue weighted by atomic mass is 32.1. The molecule has 0 radical (unpaired) electrons. The maximum absolute atomic E-state index is 11.4. The zero-order valence-corrected chi connectivity index (χ0v) is 9.51. The Hall–Kier alpha value is -1.43. The summed E-state index contributed by atoms with van der Waals surface area (Å²) >= 11 is 1.01. The Morgan fingerprint density at radius 1 is 1.53 bits per heavy atom. The molecule has 15 heavy (non-hydrogen) atoms. The van der Waals surface area contributed by atoms with Crippen molar-refractivity contribution in [3.63, 3.8) is 0 Å². The Labute approximate surface area is 90.4 Å². The van der Waals surface area contributed by atoms with Crippen molar-refractivity contribution in [2.24, 2.45) is 4.99 Å². The fraction of sp³-hybridized carbons (Fsp3) is 0.444. The second-order valence-corrected chi connectivity index (χ2v) is 3.67. The Bertz CT molecular complexity index is 443. The third-order valence-electron chi connectivity index (χ3n) is 1.46. The van der Waals surface area contributed by atoms with Crippen molar-refractivity contribution in [1.82, 2.24) is 0 Å². The van der Waals surface area contributed by atoms with Crippen LogP contribution < -0.4 is 4.87 Å². The lowest BCUT2D eigenvalue weighted by atomic mass is 10.4. The number of nitrogens with zero attached hydrogens (tertiary/aromatic N) is 1. The van der Waals surface area contributed by atoms with Gasteiger partial charge in [-0.25, -0.2) is 4.79 Å². The van der Waals surface area contributed by atoms with Crippen LogP contribution in [-0.4, -0.2) is 18.5 Å². The number of aryl methyl sites for hydroxylation is 1. The van der Waals surface area contributed by atoms with Gasteiger partial charge in [-0.05, 0) is 13.8 Å². The number of carbonyl (C=O) groups is 2. The Morgan fingerprint density at radius 3 is 2.73 bits per heavy atom. The van der Waals surface area contributed by atoms with Crippen LogP contribution in [-0.2, 0) is 9.53 Å². The van der Waals surface area contributed by atoms with Gasteiger partial charge in [0.2, 0.25) is 5.91 Å². The lowest BCUT2D eigenvalue weighted by Gasteiger charge is -1.96. The third kappa shape index (κ3) is 3.02. The van der Waals surface area contributed by atoms with E-state index in [1.807, 2.05) is 0 Å². The second-order valence-electron chi connectivity index (χ2n) is 2.71. The van der Waals surface area contributed by atoms with Crippen molar-refractivity contribution in [1.29, 1.82) is 0 Å². The van der Waals surface area contributed by atoms with E-state index in [1.54, 1.807) is 13.8 Å². The predicted octanol–water partition coefficient (Wildman–Crippen LogP) is 1.27. The van der Waals surface area contributed by atoms with Gasteiger partial charge in [-0.1, -0.05) is 11.3 Å². The normalized spacial score (nSPS) is 11.5. The van der Waals surface area contributed by atoms with Gasteiger partial charge in [-0.3, -0.25) is 4.79 Å². The van der Waals surface area contributed by atoms with E-state index in [0.29, 0.717) is 17.2 Å². The van der Waals surface area contributed by atoms with Gasteiger partial charge in [0, 0.05) is 6.92 Å². The minimum absolute atomic E-state index is 0.169. The molecule has 0 aromatic carbocycles. The first-order valence-electron chi connectivity index (χ1n) is 4.37. The molecular formula is C9H11NO4S. The Balaban J connectivity index is 3.06. The predicted molar refractivity (Wildman–Crippen MR) is 53.5 cm³/mol. The van der Waals surface area contributed by atoms with Crippen molar-refractivity contribution in [2.75, 3.05) is 6.61 Å². The van der Waals surface area contributed by atoms with Crippen LogP contribution in [0.5, 0.6) is 0 Å². The molecule has 1 heterocycles. The molecule has 6 heteroatoms. The van der Waals surface area contributed by atoms with Crippen LogP contribution in [0, 0.1) is 6.92 Å². The number of rotatable bonds is 2. The molecule has 0 atom stereocenters. The van der Waals surface area contributed by atoms with Crippen LogP contribution in [0.15, 0.2) is 9.41 Å². The maximum atomic E-state index is 11.4. The Kier molecular flexibility index (Phi) is 3.79. The van der Waals surface area contributed by atoms with E-state index in [-0.39, 0.29) is 10.8 Å². The molecule has 1 aromatic rings. The number of amides is 1. The van der Waals surface area contributed by atoms with Gasteiger partial charge in [-0.15, -0.1) is 0 Å². The van der Waals surface area contributed by atoms with E-state index >= 15 is 0 Å². The molecule has 0 spiro atoms. The second kappa shape index (κ2) is 4.88. The first kappa shape index (κ1) is 11.6. The zero-order chi connectivity index (χ0) is 11.4. The van der Waals surface area contributed by atoms with Gasteiger partial charge < -0.3 is 9.15 Å². The monoisotopic (exact) mass is 229 g/mol. The van der Waals surface area contributed by atoms with Crippen molar-refractivity contribution in [3.05, 3.63) is 15.5 Å². The van der Waals surface area contributed by atoms with Gasteiger partial charge in [0.15, 0.2) is 4.88 Å². The van der Waals surface area contributed by atoms with Crippen molar-refractivity contribution in [3.8, 4) is 0 Å². The van der Waals surface area contributed by atoms with Crippen LogP contribution in [0.25, 0.3) is 0 Å². The van der Waals surface area contributed by atoms with E-state index in [2.05, 4.69) is 4.99 Å². The zero-order valence-electron chi connectivity index (χ0n) is 8.70. The molecule has 0 bridgehead atoms. The van der Waals surface area contributed by atoms with Gasteiger partial charge in [0.25, 0.3) is 4.87 Å². The molecule has 1 amide bonds. The molecule has 0 aliphatic heterocycles. The van der Waals surface area contributed by atoms with E-state index in [0.717, 1.165) is 11.3 Å². The summed E-state index contributed by atoms with van der Waals surface area (Å²) in [6, 6.07) is 0. The molecule has 0 saturated heterocycles. The van der Waals surface area contributed by atoms with E-state index in [1.165, 1.54) is 6.92 Å². The van der Waals surface area contributed by atoms with Crippen LogP contribution in [0.1, 0.15) is 29.3 Å². The average Bonchev–Trinajstić information content (AvgIpc) is 2.46. The molecular weight excluding hydrogens is 218 g/mol. The number of hydrogen-bond acceptors (Lipinski definition) is 5. The van der Waals surface area contributed by atoms with Crippen LogP contribution in [0.3, 0.4) is 0 Å². The van der Waals surface area contributed by atoms with Gasteiger partial charge >= 0.3 is 5.97 Å². The molecule has 0 aliphatic carbocycles.